The van der Waals surface area contributed by atoms with Crippen molar-refractivity contribution in [3.63, 3.8) is 0 Å². The Morgan fingerprint density at radius 2 is 0.759 bits per heavy atom. The molecule has 0 N–H and O–H groups in total. The van der Waals surface area contributed by atoms with Gasteiger partial charge in [-0.3, -0.25) is 0 Å². The highest BCUT2D eigenvalue weighted by Crippen LogP contribution is 2.19. The maximum Gasteiger partial charge on any atom is 0.389 e. The number of rotatable bonds is 9. The number of terminal acetylenes is 1. The second-order valence-corrected chi connectivity index (χ2v) is 12.6. The Bertz CT molecular complexity index is 1940. The molecule has 0 amide bonds. The van der Waals surface area contributed by atoms with E-state index in [1.54, 1.807) is 59.3 Å². The van der Waals surface area contributed by atoms with Gasteiger partial charge in [0.2, 0.25) is 0 Å². The molecule has 0 radical (unpaired) electrons. The number of carbonyl (C=O) groups is 3. The summed E-state index contributed by atoms with van der Waals surface area (Å²) in [5.41, 5.74) is 0. The summed E-state index contributed by atoms with van der Waals surface area (Å²) in [5, 5.41) is 3.45. The van der Waals surface area contributed by atoms with Crippen LogP contribution in [0.25, 0.3) is 0 Å². The van der Waals surface area contributed by atoms with Gasteiger partial charge in [-0.05, 0) is 83.6 Å². The summed E-state index contributed by atoms with van der Waals surface area (Å²) in [5.74, 6) is 2.01. The Morgan fingerprint density at radius 3 is 1.06 bits per heavy atom. The average Bonchev–Trinajstić information content (AvgIpc) is 3.21. The third-order valence-corrected chi connectivity index (χ3v) is 7.99. The number of hydrogen-bond donors (Lipinski definition) is 1. The van der Waals surface area contributed by atoms with E-state index in [1.807, 2.05) is 139 Å². The van der Waals surface area contributed by atoms with Crippen molar-refractivity contribution in [2.45, 2.75) is 14.7 Å². The van der Waals surface area contributed by atoms with E-state index < -0.39 is 5.97 Å². The lowest BCUT2D eigenvalue weighted by Crippen LogP contribution is -2.03. The Balaban J connectivity index is 0.000000204. The zero-order valence-corrected chi connectivity index (χ0v) is 31.4. The van der Waals surface area contributed by atoms with Crippen molar-refractivity contribution in [1.82, 2.24) is 0 Å². The van der Waals surface area contributed by atoms with Crippen LogP contribution in [-0.4, -0.2) is 17.9 Å². The van der Waals surface area contributed by atoms with Crippen LogP contribution >= 0.6 is 36.2 Å². The van der Waals surface area contributed by atoms with Gasteiger partial charge in [-0.25, -0.2) is 14.4 Å². The normalized spacial score (nSPS) is 9.78. The Morgan fingerprint density at radius 1 is 0.463 bits per heavy atom. The molecule has 6 rings (SSSR count). The molecule has 0 spiro atoms. The van der Waals surface area contributed by atoms with Crippen LogP contribution in [0.3, 0.4) is 0 Å². The zero-order valence-electron chi connectivity index (χ0n) is 28.9. The molecule has 9 heteroatoms. The Hall–Kier alpha value is -6.18. The van der Waals surface area contributed by atoms with E-state index in [2.05, 4.69) is 17.4 Å². The minimum Gasteiger partial charge on any atom is -0.423 e. The van der Waals surface area contributed by atoms with Crippen LogP contribution in [0.2, 0.25) is 0 Å². The van der Waals surface area contributed by atoms with Gasteiger partial charge in [0.15, 0.2) is 0 Å². The third kappa shape index (κ3) is 20.0. The van der Waals surface area contributed by atoms with Crippen molar-refractivity contribution in [2.75, 3.05) is 0 Å². The minimum absolute atomic E-state index is 0.371. The van der Waals surface area contributed by atoms with E-state index in [1.165, 1.54) is 35.7 Å². The van der Waals surface area contributed by atoms with Crippen LogP contribution in [0, 0.1) is 12.3 Å². The van der Waals surface area contributed by atoms with Gasteiger partial charge in [-0.15, -0.1) is 19.1 Å². The summed E-state index contributed by atoms with van der Waals surface area (Å²) >= 11 is 7.04. The van der Waals surface area contributed by atoms with Gasteiger partial charge in [0.25, 0.3) is 0 Å². The molecule has 0 aliphatic carbocycles. The zero-order chi connectivity index (χ0) is 38.5. The lowest BCUT2D eigenvalue weighted by atomic mass is 10.3. The summed E-state index contributed by atoms with van der Waals surface area (Å²) in [6, 6.07) is 56.2. The number of hydrogen-bond acceptors (Lipinski definition) is 9. The molecule has 0 bridgehead atoms. The molecule has 0 heterocycles. The Labute approximate surface area is 330 Å². The van der Waals surface area contributed by atoms with Crippen molar-refractivity contribution in [1.29, 1.82) is 0 Å². The monoisotopic (exact) mass is 768 g/mol. The Kier molecular flexibility index (Phi) is 20.8. The number of esters is 3. The maximum atomic E-state index is 11.5. The van der Waals surface area contributed by atoms with Crippen molar-refractivity contribution in [3.05, 3.63) is 205 Å². The highest BCUT2D eigenvalue weighted by molar-refractivity contribution is 8.02. The fourth-order valence-corrected chi connectivity index (χ4v) is 5.14. The summed E-state index contributed by atoms with van der Waals surface area (Å²) < 4.78 is 14.9. The predicted octanol–water partition coefficient (Wildman–Crippen LogP) is 11.0. The fourth-order valence-electron chi connectivity index (χ4n) is 3.66. The van der Waals surface area contributed by atoms with Crippen molar-refractivity contribution in [3.8, 4) is 29.6 Å². The van der Waals surface area contributed by atoms with Gasteiger partial charge in [0.05, 0.1) is 0 Å². The van der Waals surface area contributed by atoms with E-state index in [0.29, 0.717) is 17.2 Å². The van der Waals surface area contributed by atoms with E-state index in [0.717, 1.165) is 14.7 Å². The molecule has 0 unspecified atom stereocenters. The molecule has 0 atom stereocenters. The molecule has 54 heavy (non-hydrogen) atoms. The van der Waals surface area contributed by atoms with Crippen molar-refractivity contribution in [2.24, 2.45) is 0 Å². The number of thioether (sulfide) groups is 2. The molecule has 270 valence electrons. The van der Waals surface area contributed by atoms with E-state index >= 15 is 0 Å². The van der Waals surface area contributed by atoms with Crippen LogP contribution < -0.4 is 14.2 Å². The molecular formula is C45H36O6S3. The van der Waals surface area contributed by atoms with Crippen LogP contribution in [0.1, 0.15) is 0 Å². The van der Waals surface area contributed by atoms with E-state index in [4.69, 9.17) is 15.9 Å². The summed E-state index contributed by atoms with van der Waals surface area (Å²) in [4.78, 5) is 36.7. The fraction of sp³-hybridized carbons (Fsp3) is 0. The van der Waals surface area contributed by atoms with Gasteiger partial charge in [-0.1, -0.05) is 133 Å². The number of ether oxygens (including phenoxy) is 3. The van der Waals surface area contributed by atoms with Gasteiger partial charge in [-0.2, -0.15) is 0 Å². The first-order valence-electron chi connectivity index (χ1n) is 16.2. The largest absolute Gasteiger partial charge is 0.423 e. The lowest BCUT2D eigenvalue weighted by molar-refractivity contribution is -0.129. The quantitative estimate of drug-likeness (QED) is 0.0296. The predicted molar refractivity (Wildman–Crippen MR) is 222 cm³/mol. The summed E-state index contributed by atoms with van der Waals surface area (Å²) in [7, 11) is 0. The van der Waals surface area contributed by atoms with Gasteiger partial charge >= 0.3 is 17.9 Å². The lowest BCUT2D eigenvalue weighted by Gasteiger charge is -1.99. The van der Waals surface area contributed by atoms with Crippen LogP contribution in [0.15, 0.2) is 220 Å². The molecule has 0 aliphatic heterocycles. The average molecular weight is 769 g/mol. The number of thiol groups is 1. The van der Waals surface area contributed by atoms with Crippen LogP contribution in [0.4, 0.5) is 0 Å². The van der Waals surface area contributed by atoms with Gasteiger partial charge in [0.1, 0.15) is 17.2 Å². The summed E-state index contributed by atoms with van der Waals surface area (Å²) in [6.07, 6.45) is 7.64. The standard InChI is InChI=1S/2C15H12O2S.C9H6O2.C6H6S/c2*16-15(17-13-7-3-1-4-8-13)11-12-18-14-9-5-2-6-10-14;1-2-9(10)11-8-6-4-3-5-7-8;7-6-4-2-1-3-5-6/h2*1-12H;1,3-7H;1-5,7H/b12-11+;12-11-;;. The molecule has 0 aliphatic rings. The SMILES string of the molecule is C#CC(=O)Oc1ccccc1.O=C(/C=C/Sc1ccccc1)Oc1ccccc1.O=C(/C=C\Sc1ccccc1)Oc1ccccc1.Sc1ccccc1. The molecule has 0 aromatic heterocycles. The van der Waals surface area contributed by atoms with E-state index in [9.17, 15) is 14.4 Å². The third-order valence-electron chi connectivity index (χ3n) is 6.05. The number of carbonyl (C=O) groups excluding carboxylic acids is 3. The molecule has 0 saturated carbocycles. The highest BCUT2D eigenvalue weighted by Gasteiger charge is 2.00. The smallest absolute Gasteiger partial charge is 0.389 e. The summed E-state index contributed by atoms with van der Waals surface area (Å²) in [6.45, 7) is 0. The first-order valence-corrected chi connectivity index (χ1v) is 18.4. The van der Waals surface area contributed by atoms with Gasteiger partial charge in [0, 0.05) is 32.8 Å². The van der Waals surface area contributed by atoms with Crippen molar-refractivity contribution >= 4 is 54.1 Å². The first kappa shape index (κ1) is 42.2. The number of benzene rings is 6. The second-order valence-electron chi connectivity index (χ2n) is 10.1. The minimum atomic E-state index is -0.670. The van der Waals surface area contributed by atoms with Gasteiger partial charge < -0.3 is 14.2 Å². The van der Waals surface area contributed by atoms with E-state index in [-0.39, 0.29) is 11.9 Å². The number of para-hydroxylation sites is 3. The molecule has 6 nitrogen and oxygen atoms in total. The first-order chi connectivity index (χ1) is 26.4. The second kappa shape index (κ2) is 26.6. The molecule has 6 aromatic carbocycles. The molecular weight excluding hydrogens is 733 g/mol. The molecule has 0 saturated heterocycles. The van der Waals surface area contributed by atoms with Crippen LogP contribution in [-0.2, 0) is 14.4 Å². The topological polar surface area (TPSA) is 78.9 Å². The van der Waals surface area contributed by atoms with Crippen LogP contribution in [0.5, 0.6) is 17.2 Å². The maximum absolute atomic E-state index is 11.5. The molecule has 0 fully saturated rings. The highest BCUT2D eigenvalue weighted by atomic mass is 32.2. The van der Waals surface area contributed by atoms with Crippen molar-refractivity contribution < 1.29 is 28.6 Å². The molecule has 6 aromatic rings.